The molecule has 0 bridgehead atoms. The fraction of sp³-hybridized carbons (Fsp3) is 0.115. The van der Waals surface area contributed by atoms with Gasteiger partial charge in [0.1, 0.15) is 16.5 Å². The van der Waals surface area contributed by atoms with Gasteiger partial charge in [-0.2, -0.15) is 0 Å². The van der Waals surface area contributed by atoms with Crippen molar-refractivity contribution in [1.82, 2.24) is 5.32 Å². The zero-order chi connectivity index (χ0) is 25.1. The molecule has 3 amide bonds. The van der Waals surface area contributed by atoms with E-state index >= 15 is 0 Å². The molecule has 3 aromatic rings. The first-order valence-corrected chi connectivity index (χ1v) is 11.4. The molecule has 9 heteroatoms. The predicted octanol–water partition coefficient (Wildman–Crippen LogP) is 5.28. The van der Waals surface area contributed by atoms with Crippen LogP contribution in [0.25, 0.3) is 0 Å². The highest BCUT2D eigenvalue weighted by atomic mass is 35.5. The van der Waals surface area contributed by atoms with Crippen LogP contribution < -0.4 is 20.3 Å². The Morgan fingerprint density at radius 3 is 2.40 bits per heavy atom. The molecular formula is C26H21Cl2N3O4. The predicted molar refractivity (Wildman–Crippen MR) is 136 cm³/mol. The molecule has 0 aromatic heterocycles. The number of nitrogens with one attached hydrogen (secondary N) is 2. The van der Waals surface area contributed by atoms with Crippen LogP contribution in [-0.2, 0) is 9.59 Å². The Balaban J connectivity index is 1.54. The minimum Gasteiger partial charge on any atom is -0.495 e. The van der Waals surface area contributed by atoms with Crippen LogP contribution in [-0.4, -0.2) is 24.8 Å². The summed E-state index contributed by atoms with van der Waals surface area (Å²) in [4.78, 5) is 39.7. The van der Waals surface area contributed by atoms with Gasteiger partial charge in [0, 0.05) is 16.3 Å². The second kappa shape index (κ2) is 10.2. The molecule has 0 fully saturated rings. The van der Waals surface area contributed by atoms with Crippen molar-refractivity contribution in [2.45, 2.75) is 13.0 Å². The van der Waals surface area contributed by atoms with E-state index in [2.05, 4.69) is 10.6 Å². The zero-order valence-electron chi connectivity index (χ0n) is 18.8. The van der Waals surface area contributed by atoms with Crippen molar-refractivity contribution in [2.24, 2.45) is 0 Å². The van der Waals surface area contributed by atoms with E-state index in [1.807, 2.05) is 37.3 Å². The number of anilines is 2. The minimum atomic E-state index is -0.717. The van der Waals surface area contributed by atoms with Crippen LogP contribution in [0, 0.1) is 0 Å². The lowest BCUT2D eigenvalue weighted by atomic mass is 10.1. The number of carbonyl (C=O) groups excluding carboxylic acids is 3. The highest BCUT2D eigenvalue weighted by Crippen LogP contribution is 2.37. The number of rotatable bonds is 7. The van der Waals surface area contributed by atoms with Crippen molar-refractivity contribution < 1.29 is 19.1 Å². The van der Waals surface area contributed by atoms with Gasteiger partial charge in [0.05, 0.1) is 18.8 Å². The summed E-state index contributed by atoms with van der Waals surface area (Å²) < 4.78 is 5.27. The topological polar surface area (TPSA) is 87.7 Å². The second-order valence-corrected chi connectivity index (χ2v) is 8.58. The standard InChI is InChI=1S/C26H21Cl2N3O4/c1-15(16-7-4-3-5-8-16)29-24(32)17-9-6-10-19(13-17)30-23-22(28)25(33)31(26(23)34)20-14-18(27)11-12-21(20)35-2/h3-15,30H,1-2H3,(H,29,32). The lowest BCUT2D eigenvalue weighted by Gasteiger charge is -2.18. The Morgan fingerprint density at radius 2 is 1.69 bits per heavy atom. The number of amides is 3. The molecule has 3 aromatic carbocycles. The minimum absolute atomic E-state index is 0.117. The lowest BCUT2D eigenvalue weighted by Crippen LogP contribution is -2.32. The lowest BCUT2D eigenvalue weighted by molar-refractivity contribution is -0.120. The molecule has 4 rings (SSSR count). The largest absolute Gasteiger partial charge is 0.495 e. The molecule has 0 saturated heterocycles. The van der Waals surface area contributed by atoms with Gasteiger partial charge >= 0.3 is 0 Å². The van der Waals surface area contributed by atoms with Gasteiger partial charge in [-0.1, -0.05) is 59.6 Å². The van der Waals surface area contributed by atoms with Gasteiger partial charge in [0.25, 0.3) is 17.7 Å². The molecule has 0 spiro atoms. The third-order valence-corrected chi connectivity index (χ3v) is 6.04. The zero-order valence-corrected chi connectivity index (χ0v) is 20.4. The summed E-state index contributed by atoms with van der Waals surface area (Å²) in [7, 11) is 1.42. The normalized spacial score (nSPS) is 14.2. The maximum absolute atomic E-state index is 13.2. The van der Waals surface area contributed by atoms with E-state index < -0.39 is 11.8 Å². The molecule has 1 atom stereocenters. The molecule has 1 aliphatic heterocycles. The van der Waals surface area contributed by atoms with Crippen LogP contribution in [0.4, 0.5) is 11.4 Å². The smallest absolute Gasteiger partial charge is 0.283 e. The summed E-state index contributed by atoms with van der Waals surface area (Å²) in [5.74, 6) is -1.39. The summed E-state index contributed by atoms with van der Waals surface area (Å²) in [6, 6.07) is 20.5. The third kappa shape index (κ3) is 5.01. The number of nitrogens with zero attached hydrogens (tertiary/aromatic N) is 1. The first kappa shape index (κ1) is 24.3. The van der Waals surface area contributed by atoms with Gasteiger partial charge in [-0.3, -0.25) is 14.4 Å². The van der Waals surface area contributed by atoms with E-state index in [-0.39, 0.29) is 34.1 Å². The van der Waals surface area contributed by atoms with Crippen LogP contribution in [0.1, 0.15) is 28.9 Å². The van der Waals surface area contributed by atoms with Crippen LogP contribution in [0.2, 0.25) is 5.02 Å². The Hall–Kier alpha value is -3.81. The summed E-state index contributed by atoms with van der Waals surface area (Å²) in [5.41, 5.74) is 1.82. The van der Waals surface area contributed by atoms with E-state index in [9.17, 15) is 14.4 Å². The molecule has 7 nitrogen and oxygen atoms in total. The number of benzene rings is 3. The molecule has 0 radical (unpaired) electrons. The molecule has 1 unspecified atom stereocenters. The van der Waals surface area contributed by atoms with Crippen molar-refractivity contribution in [2.75, 3.05) is 17.3 Å². The Morgan fingerprint density at radius 1 is 0.943 bits per heavy atom. The van der Waals surface area contributed by atoms with E-state index in [0.29, 0.717) is 16.3 Å². The maximum Gasteiger partial charge on any atom is 0.283 e. The summed E-state index contributed by atoms with van der Waals surface area (Å²) in [6.07, 6.45) is 0. The quantitative estimate of drug-likeness (QED) is 0.423. The summed E-state index contributed by atoms with van der Waals surface area (Å²) in [6.45, 7) is 1.89. The first-order valence-electron chi connectivity index (χ1n) is 10.6. The molecule has 1 heterocycles. The maximum atomic E-state index is 13.2. The number of imide groups is 1. The Bertz CT molecular complexity index is 1340. The number of hydrogen-bond acceptors (Lipinski definition) is 5. The summed E-state index contributed by atoms with van der Waals surface area (Å²) in [5, 5.41) is 5.86. The van der Waals surface area contributed by atoms with Gasteiger partial charge in [0.15, 0.2) is 0 Å². The van der Waals surface area contributed by atoms with Crippen molar-refractivity contribution in [3.63, 3.8) is 0 Å². The molecular weight excluding hydrogens is 489 g/mol. The van der Waals surface area contributed by atoms with Crippen molar-refractivity contribution >= 4 is 52.3 Å². The third-order valence-electron chi connectivity index (χ3n) is 5.45. The van der Waals surface area contributed by atoms with E-state index in [1.54, 1.807) is 36.4 Å². The van der Waals surface area contributed by atoms with E-state index in [4.69, 9.17) is 27.9 Å². The van der Waals surface area contributed by atoms with Crippen LogP contribution in [0.5, 0.6) is 5.75 Å². The van der Waals surface area contributed by atoms with Crippen LogP contribution >= 0.6 is 23.2 Å². The second-order valence-electron chi connectivity index (χ2n) is 7.76. The molecule has 178 valence electrons. The highest BCUT2D eigenvalue weighted by Gasteiger charge is 2.40. The number of methoxy groups -OCH3 is 1. The van der Waals surface area contributed by atoms with Crippen molar-refractivity contribution in [3.8, 4) is 5.75 Å². The van der Waals surface area contributed by atoms with Gasteiger partial charge in [-0.25, -0.2) is 4.90 Å². The van der Waals surface area contributed by atoms with E-state index in [0.717, 1.165) is 10.5 Å². The molecule has 35 heavy (non-hydrogen) atoms. The average Bonchev–Trinajstić information content (AvgIpc) is 3.07. The monoisotopic (exact) mass is 509 g/mol. The first-order chi connectivity index (χ1) is 16.8. The Kier molecular flexibility index (Phi) is 7.10. The number of carbonyl (C=O) groups is 3. The van der Waals surface area contributed by atoms with Gasteiger partial charge in [-0.05, 0) is 48.9 Å². The average molecular weight is 510 g/mol. The summed E-state index contributed by atoms with van der Waals surface area (Å²) >= 11 is 12.3. The SMILES string of the molecule is COc1ccc(Cl)cc1N1C(=O)C(Cl)=C(Nc2cccc(C(=O)NC(C)c3ccccc3)c2)C1=O. The number of halogens is 2. The van der Waals surface area contributed by atoms with Gasteiger partial charge in [-0.15, -0.1) is 0 Å². The molecule has 2 N–H and O–H groups in total. The molecule has 0 saturated carbocycles. The number of ether oxygens (including phenoxy) is 1. The van der Waals surface area contributed by atoms with Gasteiger partial charge in [0.2, 0.25) is 0 Å². The van der Waals surface area contributed by atoms with Crippen molar-refractivity contribution in [1.29, 1.82) is 0 Å². The molecule has 1 aliphatic rings. The fourth-order valence-corrected chi connectivity index (χ4v) is 4.03. The van der Waals surface area contributed by atoms with Crippen LogP contribution in [0.15, 0.2) is 83.5 Å². The van der Waals surface area contributed by atoms with Gasteiger partial charge < -0.3 is 15.4 Å². The fourth-order valence-electron chi connectivity index (χ4n) is 3.66. The highest BCUT2D eigenvalue weighted by molar-refractivity contribution is 6.53. The van der Waals surface area contributed by atoms with Crippen molar-refractivity contribution in [3.05, 3.63) is 99.7 Å². The van der Waals surface area contributed by atoms with Crippen LogP contribution in [0.3, 0.4) is 0 Å². The molecule has 0 aliphatic carbocycles. The Labute approximate surface area is 212 Å². The number of hydrogen-bond donors (Lipinski definition) is 2. The van der Waals surface area contributed by atoms with E-state index in [1.165, 1.54) is 13.2 Å².